The summed E-state index contributed by atoms with van der Waals surface area (Å²) in [6.45, 7) is 4.79. The maximum Gasteiger partial charge on any atom is 0.237 e. The smallest absolute Gasteiger partial charge is 0.237 e. The molecule has 1 fully saturated rings. The van der Waals surface area contributed by atoms with Gasteiger partial charge in [0.25, 0.3) is 0 Å². The standard InChI is InChI=1S/C24H30N6O4S2/c1-24(2,20-15-35-23(28-20)29-36(32,33)18-9-10-18)22(31)26-17-7-5-16(6-8-17)19-13-25-14-21(27-19)34-12-11-30(3)4/h5-8,13-15,18H,9-12H2,1-4H3,(H,26,31)(H,28,29). The molecule has 12 heteroatoms. The van der Waals surface area contributed by atoms with Crippen LogP contribution < -0.4 is 14.8 Å². The van der Waals surface area contributed by atoms with Crippen molar-refractivity contribution in [3.05, 3.63) is 47.7 Å². The molecule has 0 bridgehead atoms. The molecule has 1 aliphatic carbocycles. The summed E-state index contributed by atoms with van der Waals surface area (Å²) < 4.78 is 32.5. The van der Waals surface area contributed by atoms with Crippen LogP contribution in [0, 0.1) is 0 Å². The largest absolute Gasteiger partial charge is 0.475 e. The molecule has 3 aromatic rings. The van der Waals surface area contributed by atoms with Crippen LogP contribution in [0.25, 0.3) is 11.3 Å². The van der Waals surface area contributed by atoms with E-state index in [1.165, 1.54) is 11.3 Å². The van der Waals surface area contributed by atoms with Gasteiger partial charge in [0.2, 0.25) is 21.8 Å². The number of ether oxygens (including phenoxy) is 1. The molecule has 2 heterocycles. The number of hydrogen-bond acceptors (Lipinski definition) is 9. The van der Waals surface area contributed by atoms with Crippen molar-refractivity contribution in [2.24, 2.45) is 0 Å². The van der Waals surface area contributed by atoms with Crippen LogP contribution in [0.1, 0.15) is 32.4 Å². The van der Waals surface area contributed by atoms with Gasteiger partial charge in [-0.3, -0.25) is 14.5 Å². The van der Waals surface area contributed by atoms with Gasteiger partial charge in [-0.25, -0.2) is 18.4 Å². The van der Waals surface area contributed by atoms with E-state index in [9.17, 15) is 13.2 Å². The Kier molecular flexibility index (Phi) is 7.57. The lowest BCUT2D eigenvalue weighted by atomic mass is 9.89. The molecule has 1 amide bonds. The first kappa shape index (κ1) is 26.0. The summed E-state index contributed by atoms with van der Waals surface area (Å²) in [5.41, 5.74) is 1.65. The van der Waals surface area contributed by atoms with E-state index in [0.29, 0.717) is 42.4 Å². The lowest BCUT2D eigenvalue weighted by Crippen LogP contribution is -2.35. The Morgan fingerprint density at radius 2 is 1.89 bits per heavy atom. The van der Waals surface area contributed by atoms with E-state index in [1.54, 1.807) is 43.8 Å². The number of anilines is 2. The number of aromatic nitrogens is 3. The fourth-order valence-corrected chi connectivity index (χ4v) is 5.68. The number of hydrogen-bond donors (Lipinski definition) is 2. The van der Waals surface area contributed by atoms with E-state index in [0.717, 1.165) is 12.1 Å². The van der Waals surface area contributed by atoms with Crippen molar-refractivity contribution >= 4 is 38.1 Å². The summed E-state index contributed by atoms with van der Waals surface area (Å²) in [6, 6.07) is 7.29. The summed E-state index contributed by atoms with van der Waals surface area (Å²) in [7, 11) is 0.545. The van der Waals surface area contributed by atoms with Gasteiger partial charge in [-0.05, 0) is 52.9 Å². The molecular weight excluding hydrogens is 500 g/mol. The predicted octanol–water partition coefficient (Wildman–Crippen LogP) is 3.36. The molecule has 192 valence electrons. The second-order valence-electron chi connectivity index (χ2n) is 9.44. The number of thiazole rings is 1. The molecule has 1 aliphatic rings. The summed E-state index contributed by atoms with van der Waals surface area (Å²) >= 11 is 1.17. The highest BCUT2D eigenvalue weighted by atomic mass is 32.2. The number of nitrogens with zero attached hydrogens (tertiary/aromatic N) is 4. The van der Waals surface area contributed by atoms with E-state index < -0.39 is 15.4 Å². The molecule has 36 heavy (non-hydrogen) atoms. The topological polar surface area (TPSA) is 126 Å². The quantitative estimate of drug-likeness (QED) is 0.386. The fourth-order valence-electron chi connectivity index (χ4n) is 3.21. The molecule has 0 atom stereocenters. The predicted molar refractivity (Wildman–Crippen MR) is 141 cm³/mol. The van der Waals surface area contributed by atoms with Crippen molar-refractivity contribution in [3.63, 3.8) is 0 Å². The van der Waals surface area contributed by atoms with Gasteiger partial charge in [0.05, 0.1) is 34.4 Å². The van der Waals surface area contributed by atoms with Crippen molar-refractivity contribution in [1.82, 2.24) is 19.9 Å². The third-order valence-corrected chi connectivity index (χ3v) is 8.46. The number of sulfonamides is 1. The Bertz CT molecular complexity index is 1320. The summed E-state index contributed by atoms with van der Waals surface area (Å²) in [4.78, 5) is 28.2. The van der Waals surface area contributed by atoms with Crippen LogP contribution in [0.3, 0.4) is 0 Å². The zero-order valence-corrected chi connectivity index (χ0v) is 22.3. The van der Waals surface area contributed by atoms with Crippen LogP contribution in [0.4, 0.5) is 10.8 Å². The van der Waals surface area contributed by atoms with Crippen molar-refractivity contribution in [2.75, 3.05) is 37.3 Å². The Hall–Kier alpha value is -3.09. The summed E-state index contributed by atoms with van der Waals surface area (Å²) in [5.74, 6) is 0.198. The Labute approximate surface area is 215 Å². The SMILES string of the molecule is CN(C)CCOc1cncc(-c2ccc(NC(=O)C(C)(C)c3csc(NS(=O)(=O)C4CC4)n3)cc2)n1. The van der Waals surface area contributed by atoms with Crippen molar-refractivity contribution < 1.29 is 17.9 Å². The van der Waals surface area contributed by atoms with Gasteiger partial charge in [-0.15, -0.1) is 11.3 Å². The highest BCUT2D eigenvalue weighted by molar-refractivity contribution is 7.93. The second-order valence-corrected chi connectivity index (χ2v) is 12.3. The minimum atomic E-state index is -3.40. The molecule has 0 spiro atoms. The number of nitrogens with one attached hydrogen (secondary N) is 2. The number of carbonyl (C=O) groups excluding carboxylic acids is 1. The molecule has 0 aliphatic heterocycles. The molecule has 10 nitrogen and oxygen atoms in total. The van der Waals surface area contributed by atoms with Crippen LogP contribution in [0.5, 0.6) is 5.88 Å². The average Bonchev–Trinajstić information content (AvgIpc) is 3.60. The normalized spacial score (nSPS) is 14.0. The summed E-state index contributed by atoms with van der Waals surface area (Å²) in [6.07, 6.45) is 4.58. The van der Waals surface area contributed by atoms with Gasteiger partial charge >= 0.3 is 0 Å². The Morgan fingerprint density at radius 3 is 2.56 bits per heavy atom. The molecule has 2 aromatic heterocycles. The molecule has 1 aromatic carbocycles. The van der Waals surface area contributed by atoms with Gasteiger partial charge in [0.1, 0.15) is 6.61 Å². The van der Waals surface area contributed by atoms with Crippen molar-refractivity contribution in [2.45, 2.75) is 37.4 Å². The molecule has 0 saturated heterocycles. The van der Waals surface area contributed by atoms with Crippen LogP contribution in [0.15, 0.2) is 42.0 Å². The van der Waals surface area contributed by atoms with Crippen molar-refractivity contribution in [1.29, 1.82) is 0 Å². The lowest BCUT2D eigenvalue weighted by molar-refractivity contribution is -0.120. The minimum absolute atomic E-state index is 0.256. The monoisotopic (exact) mass is 530 g/mol. The molecule has 4 rings (SSSR count). The maximum absolute atomic E-state index is 13.1. The maximum atomic E-state index is 13.1. The minimum Gasteiger partial charge on any atom is -0.475 e. The Balaban J connectivity index is 1.39. The number of amides is 1. The van der Waals surface area contributed by atoms with Gasteiger partial charge in [0, 0.05) is 23.2 Å². The first-order chi connectivity index (χ1) is 17.0. The number of rotatable bonds is 11. The van der Waals surface area contributed by atoms with E-state index in [1.807, 2.05) is 31.1 Å². The third-order valence-electron chi connectivity index (χ3n) is 5.74. The van der Waals surface area contributed by atoms with Crippen LogP contribution in [-0.2, 0) is 20.2 Å². The van der Waals surface area contributed by atoms with Gasteiger partial charge in [0.15, 0.2) is 5.13 Å². The fraction of sp³-hybridized carbons (Fsp3) is 0.417. The zero-order chi connectivity index (χ0) is 25.9. The van der Waals surface area contributed by atoms with Crippen LogP contribution >= 0.6 is 11.3 Å². The molecular formula is C24H30N6O4S2. The van der Waals surface area contributed by atoms with Gasteiger partial charge in [-0.2, -0.15) is 0 Å². The lowest BCUT2D eigenvalue weighted by Gasteiger charge is -2.21. The molecule has 0 unspecified atom stereocenters. The second kappa shape index (κ2) is 10.5. The highest BCUT2D eigenvalue weighted by Crippen LogP contribution is 2.33. The van der Waals surface area contributed by atoms with Gasteiger partial charge in [-0.1, -0.05) is 12.1 Å². The van der Waals surface area contributed by atoms with E-state index in [-0.39, 0.29) is 16.3 Å². The molecule has 1 saturated carbocycles. The Morgan fingerprint density at radius 1 is 1.17 bits per heavy atom. The van der Waals surface area contributed by atoms with E-state index in [2.05, 4.69) is 25.0 Å². The highest BCUT2D eigenvalue weighted by Gasteiger charge is 2.37. The van der Waals surface area contributed by atoms with Gasteiger partial charge < -0.3 is 15.0 Å². The van der Waals surface area contributed by atoms with Crippen LogP contribution in [0.2, 0.25) is 0 Å². The number of carbonyl (C=O) groups is 1. The average molecular weight is 531 g/mol. The van der Waals surface area contributed by atoms with E-state index >= 15 is 0 Å². The zero-order valence-electron chi connectivity index (χ0n) is 20.7. The van der Waals surface area contributed by atoms with Crippen molar-refractivity contribution in [3.8, 4) is 17.1 Å². The van der Waals surface area contributed by atoms with Crippen LogP contribution in [-0.4, -0.2) is 66.7 Å². The first-order valence-electron chi connectivity index (χ1n) is 11.5. The molecule has 0 radical (unpaired) electrons. The number of likely N-dealkylation sites (N-methyl/N-ethyl adjacent to an activating group) is 1. The number of benzene rings is 1. The third kappa shape index (κ3) is 6.37. The first-order valence-corrected chi connectivity index (χ1v) is 14.0. The molecule has 2 N–H and O–H groups in total. The van der Waals surface area contributed by atoms with E-state index in [4.69, 9.17) is 4.74 Å². The summed E-state index contributed by atoms with van der Waals surface area (Å²) in [5, 5.41) is 4.56.